The lowest BCUT2D eigenvalue weighted by Crippen LogP contribution is -2.41. The number of benzene rings is 3. The van der Waals surface area contributed by atoms with E-state index in [2.05, 4.69) is 45.6 Å². The Balaban J connectivity index is 1.40. The summed E-state index contributed by atoms with van der Waals surface area (Å²) in [6, 6.07) is 19.9. The first-order chi connectivity index (χ1) is 13.2. The highest BCUT2D eigenvalue weighted by molar-refractivity contribution is 5.87. The van der Waals surface area contributed by atoms with Gasteiger partial charge in [0, 0.05) is 6.04 Å². The summed E-state index contributed by atoms with van der Waals surface area (Å²) < 4.78 is 12.9. The van der Waals surface area contributed by atoms with Crippen molar-refractivity contribution in [3.63, 3.8) is 0 Å². The van der Waals surface area contributed by atoms with Gasteiger partial charge in [0.25, 0.3) is 5.91 Å². The zero-order valence-electron chi connectivity index (χ0n) is 14.5. The fourth-order valence-corrected chi connectivity index (χ4v) is 3.28. The Kier molecular flexibility index (Phi) is 4.91. The van der Waals surface area contributed by atoms with Crippen LogP contribution in [0.4, 0.5) is 4.39 Å². The Morgan fingerprint density at radius 2 is 1.81 bits per heavy atom. The molecule has 0 aromatic heterocycles. The molecule has 1 saturated heterocycles. The maximum Gasteiger partial charge on any atom is 0.258 e. The Hall–Kier alpha value is -3.09. The smallest absolute Gasteiger partial charge is 0.258 e. The number of hydrogen-bond donors (Lipinski definition) is 3. The van der Waals surface area contributed by atoms with E-state index in [-0.39, 0.29) is 23.8 Å². The van der Waals surface area contributed by atoms with Crippen LogP contribution in [0.15, 0.2) is 71.8 Å². The topological polar surface area (TPSA) is 65.5 Å². The van der Waals surface area contributed by atoms with Crippen molar-refractivity contribution in [2.24, 2.45) is 5.10 Å². The average molecular weight is 362 g/mol. The third-order valence-electron chi connectivity index (χ3n) is 4.68. The van der Waals surface area contributed by atoms with Crippen LogP contribution in [0.5, 0.6) is 0 Å². The van der Waals surface area contributed by atoms with Crippen molar-refractivity contribution in [2.45, 2.75) is 18.5 Å². The zero-order valence-corrected chi connectivity index (χ0v) is 14.5. The number of carbonyl (C=O) groups excluding carboxylic acids is 1. The van der Waals surface area contributed by atoms with Crippen LogP contribution in [0.3, 0.4) is 0 Å². The first-order valence-corrected chi connectivity index (χ1v) is 8.78. The molecule has 3 aromatic rings. The Morgan fingerprint density at radius 1 is 1.04 bits per heavy atom. The summed E-state index contributed by atoms with van der Waals surface area (Å²) in [5, 5.41) is 6.30. The third-order valence-corrected chi connectivity index (χ3v) is 4.68. The van der Waals surface area contributed by atoms with E-state index in [0.717, 1.165) is 5.56 Å². The van der Waals surface area contributed by atoms with Gasteiger partial charge in [0.2, 0.25) is 0 Å². The van der Waals surface area contributed by atoms with E-state index >= 15 is 0 Å². The largest absolute Gasteiger partial charge is 0.271 e. The summed E-state index contributed by atoms with van der Waals surface area (Å²) in [5.41, 5.74) is 10.6. The molecule has 136 valence electrons. The predicted molar refractivity (Wildman–Crippen MR) is 104 cm³/mol. The number of hydrogen-bond acceptors (Lipinski definition) is 4. The van der Waals surface area contributed by atoms with Crippen LogP contribution in [0.2, 0.25) is 0 Å². The standard InChI is InChI=1S/C21H19FN4O/c22-16-10-8-14(9-11-16)13-23-26-21(27)20-12-19(24-25-20)18-7-3-5-15-4-1-2-6-17(15)18/h1-11,13,19-20,24-25H,12H2,(H,26,27)/b23-13+. The summed E-state index contributed by atoms with van der Waals surface area (Å²) in [4.78, 5) is 12.3. The van der Waals surface area contributed by atoms with Crippen LogP contribution >= 0.6 is 0 Å². The highest BCUT2D eigenvalue weighted by atomic mass is 19.1. The SMILES string of the molecule is O=C(N/N=C/c1ccc(F)cc1)C1CC(c2cccc3ccccc23)NN1. The number of nitrogens with one attached hydrogen (secondary N) is 3. The average Bonchev–Trinajstić information content (AvgIpc) is 3.19. The van der Waals surface area contributed by atoms with Crippen LogP contribution in [0.25, 0.3) is 10.8 Å². The molecular formula is C21H19FN4O. The molecule has 5 nitrogen and oxygen atoms in total. The van der Waals surface area contributed by atoms with Gasteiger partial charge in [0.1, 0.15) is 11.9 Å². The number of halogens is 1. The molecule has 0 aliphatic carbocycles. The molecule has 0 bridgehead atoms. The molecule has 1 amide bonds. The van der Waals surface area contributed by atoms with E-state index < -0.39 is 0 Å². The predicted octanol–water partition coefficient (Wildman–Crippen LogP) is 3.04. The van der Waals surface area contributed by atoms with Gasteiger partial charge < -0.3 is 0 Å². The first kappa shape index (κ1) is 17.3. The summed E-state index contributed by atoms with van der Waals surface area (Å²) >= 11 is 0. The lowest BCUT2D eigenvalue weighted by molar-refractivity contribution is -0.122. The second-order valence-corrected chi connectivity index (χ2v) is 6.48. The van der Waals surface area contributed by atoms with Gasteiger partial charge in [0.15, 0.2) is 0 Å². The second-order valence-electron chi connectivity index (χ2n) is 6.48. The Labute approximate surface area is 156 Å². The molecule has 2 atom stereocenters. The number of carbonyl (C=O) groups is 1. The van der Waals surface area contributed by atoms with E-state index in [4.69, 9.17) is 0 Å². The maximum absolute atomic E-state index is 12.9. The fraction of sp³-hybridized carbons (Fsp3) is 0.143. The lowest BCUT2D eigenvalue weighted by atomic mass is 9.96. The van der Waals surface area contributed by atoms with Crippen molar-refractivity contribution in [2.75, 3.05) is 0 Å². The van der Waals surface area contributed by atoms with Gasteiger partial charge in [-0.25, -0.2) is 20.7 Å². The second kappa shape index (κ2) is 7.65. The van der Waals surface area contributed by atoms with Gasteiger partial charge in [-0.2, -0.15) is 5.10 Å². The van der Waals surface area contributed by atoms with Crippen LogP contribution < -0.4 is 16.3 Å². The van der Waals surface area contributed by atoms with Gasteiger partial charge in [-0.3, -0.25) is 4.79 Å². The van der Waals surface area contributed by atoms with Crippen molar-refractivity contribution >= 4 is 22.9 Å². The highest BCUT2D eigenvalue weighted by Gasteiger charge is 2.30. The number of hydrazone groups is 1. The van der Waals surface area contributed by atoms with E-state index in [1.807, 2.05) is 18.2 Å². The number of amides is 1. The zero-order chi connectivity index (χ0) is 18.6. The summed E-state index contributed by atoms with van der Waals surface area (Å²) in [7, 11) is 0. The van der Waals surface area contributed by atoms with Gasteiger partial charge in [0.05, 0.1) is 6.21 Å². The van der Waals surface area contributed by atoms with Crippen molar-refractivity contribution in [1.29, 1.82) is 0 Å². The molecule has 0 spiro atoms. The van der Waals surface area contributed by atoms with Gasteiger partial charge in [-0.05, 0) is 40.5 Å². The summed E-state index contributed by atoms with van der Waals surface area (Å²) in [6.45, 7) is 0. The Bertz CT molecular complexity index is 982. The van der Waals surface area contributed by atoms with E-state index in [1.165, 1.54) is 29.1 Å². The molecule has 2 unspecified atom stereocenters. The number of rotatable bonds is 4. The number of nitrogens with zero attached hydrogens (tertiary/aromatic N) is 1. The third kappa shape index (κ3) is 3.86. The molecule has 0 radical (unpaired) electrons. The minimum Gasteiger partial charge on any atom is -0.271 e. The van der Waals surface area contributed by atoms with Gasteiger partial charge in [-0.15, -0.1) is 0 Å². The Morgan fingerprint density at radius 3 is 2.67 bits per heavy atom. The number of fused-ring (bicyclic) bond motifs is 1. The lowest BCUT2D eigenvalue weighted by Gasteiger charge is -2.13. The quantitative estimate of drug-likeness (QED) is 0.494. The minimum atomic E-state index is -0.390. The molecule has 3 aromatic carbocycles. The highest BCUT2D eigenvalue weighted by Crippen LogP contribution is 2.29. The van der Waals surface area contributed by atoms with Gasteiger partial charge >= 0.3 is 0 Å². The molecule has 1 aliphatic rings. The van der Waals surface area contributed by atoms with E-state index in [1.54, 1.807) is 12.1 Å². The monoisotopic (exact) mass is 362 g/mol. The van der Waals surface area contributed by atoms with E-state index in [0.29, 0.717) is 12.0 Å². The van der Waals surface area contributed by atoms with Crippen molar-refractivity contribution in [3.05, 3.63) is 83.7 Å². The maximum atomic E-state index is 12.9. The molecule has 4 rings (SSSR count). The van der Waals surface area contributed by atoms with Crippen molar-refractivity contribution in [3.8, 4) is 0 Å². The minimum absolute atomic E-state index is 0.0351. The molecule has 27 heavy (non-hydrogen) atoms. The molecule has 1 fully saturated rings. The van der Waals surface area contributed by atoms with E-state index in [9.17, 15) is 9.18 Å². The van der Waals surface area contributed by atoms with Crippen LogP contribution in [0, 0.1) is 5.82 Å². The molecule has 1 aliphatic heterocycles. The van der Waals surface area contributed by atoms with Crippen LogP contribution in [-0.4, -0.2) is 18.2 Å². The van der Waals surface area contributed by atoms with Gasteiger partial charge in [-0.1, -0.05) is 54.6 Å². The van der Waals surface area contributed by atoms with Crippen molar-refractivity contribution < 1.29 is 9.18 Å². The number of hydrazine groups is 1. The summed E-state index contributed by atoms with van der Waals surface area (Å²) in [6.07, 6.45) is 2.10. The molecule has 0 saturated carbocycles. The molecular weight excluding hydrogens is 343 g/mol. The molecule has 6 heteroatoms. The first-order valence-electron chi connectivity index (χ1n) is 8.78. The summed E-state index contributed by atoms with van der Waals surface area (Å²) in [5.74, 6) is -0.527. The fourth-order valence-electron chi connectivity index (χ4n) is 3.28. The van der Waals surface area contributed by atoms with Crippen LogP contribution in [-0.2, 0) is 4.79 Å². The molecule has 3 N–H and O–H groups in total. The normalized spacial score (nSPS) is 19.6. The van der Waals surface area contributed by atoms with Crippen LogP contribution in [0.1, 0.15) is 23.6 Å². The molecule has 1 heterocycles. The van der Waals surface area contributed by atoms with Crippen molar-refractivity contribution in [1.82, 2.24) is 16.3 Å².